The monoisotopic (exact) mass is 272 g/mol. The highest BCUT2D eigenvalue weighted by molar-refractivity contribution is 6.34. The van der Waals surface area contributed by atoms with Gasteiger partial charge in [0, 0.05) is 39.3 Å². The van der Waals surface area contributed by atoms with Crippen molar-refractivity contribution in [2.75, 3.05) is 46.4 Å². The number of hydrogen-bond acceptors (Lipinski definition) is 5. The van der Waals surface area contributed by atoms with E-state index in [0.717, 1.165) is 45.4 Å². The van der Waals surface area contributed by atoms with E-state index >= 15 is 0 Å². The maximum atomic E-state index is 11.6. The first-order valence-electron chi connectivity index (χ1n) is 6.76. The van der Waals surface area contributed by atoms with Crippen LogP contribution in [0.25, 0.3) is 0 Å². The lowest BCUT2D eigenvalue weighted by molar-refractivity contribution is -0.142. The first kappa shape index (κ1) is 15.9. The van der Waals surface area contributed by atoms with Crippen molar-refractivity contribution in [2.45, 2.75) is 19.3 Å². The molecule has 7 nitrogen and oxygen atoms in total. The Balaban J connectivity index is 2.12. The van der Waals surface area contributed by atoms with Crippen LogP contribution in [0.3, 0.4) is 0 Å². The number of aliphatic hydroxyl groups excluding tert-OH is 1. The molecule has 19 heavy (non-hydrogen) atoms. The molecule has 0 spiro atoms. The van der Waals surface area contributed by atoms with Crippen molar-refractivity contribution < 1.29 is 14.7 Å². The van der Waals surface area contributed by atoms with Crippen LogP contribution in [0.2, 0.25) is 0 Å². The number of amides is 2. The fourth-order valence-electron chi connectivity index (χ4n) is 1.81. The van der Waals surface area contributed by atoms with Crippen molar-refractivity contribution in [1.29, 1.82) is 0 Å². The summed E-state index contributed by atoms with van der Waals surface area (Å²) in [6.07, 6.45) is 2.34. The smallest absolute Gasteiger partial charge is 0.323 e. The molecule has 2 amide bonds. The number of unbranched alkanes of at least 4 members (excludes halogenated alkanes) is 2. The van der Waals surface area contributed by atoms with Crippen LogP contribution in [-0.4, -0.2) is 73.2 Å². The molecule has 0 atom stereocenters. The largest absolute Gasteiger partial charge is 0.396 e. The summed E-state index contributed by atoms with van der Waals surface area (Å²) < 4.78 is 0. The number of likely N-dealkylation sites (N-methyl/N-ethyl adjacent to an activating group) is 1. The van der Waals surface area contributed by atoms with E-state index in [2.05, 4.69) is 15.6 Å². The van der Waals surface area contributed by atoms with Gasteiger partial charge in [-0.3, -0.25) is 15.0 Å². The molecule has 0 unspecified atom stereocenters. The van der Waals surface area contributed by atoms with Gasteiger partial charge in [-0.15, -0.1) is 0 Å². The van der Waals surface area contributed by atoms with E-state index in [9.17, 15) is 9.59 Å². The number of hydrazine groups is 1. The zero-order chi connectivity index (χ0) is 14.1. The molecule has 0 bridgehead atoms. The minimum atomic E-state index is -0.605. The van der Waals surface area contributed by atoms with E-state index in [1.807, 2.05) is 7.05 Å². The van der Waals surface area contributed by atoms with E-state index in [-0.39, 0.29) is 6.61 Å². The molecular weight excluding hydrogens is 248 g/mol. The van der Waals surface area contributed by atoms with E-state index in [1.165, 1.54) is 0 Å². The topological polar surface area (TPSA) is 84.9 Å². The number of aliphatic hydroxyl groups is 1. The van der Waals surface area contributed by atoms with Gasteiger partial charge in [-0.2, -0.15) is 0 Å². The van der Waals surface area contributed by atoms with Gasteiger partial charge >= 0.3 is 11.8 Å². The molecule has 1 aliphatic rings. The van der Waals surface area contributed by atoms with Crippen molar-refractivity contribution in [1.82, 2.24) is 20.7 Å². The Morgan fingerprint density at radius 1 is 1.05 bits per heavy atom. The summed E-state index contributed by atoms with van der Waals surface area (Å²) in [5.41, 5.74) is 2.61. The number of hydrogen-bond donors (Lipinski definition) is 3. The van der Waals surface area contributed by atoms with Crippen LogP contribution in [0.5, 0.6) is 0 Å². The quantitative estimate of drug-likeness (QED) is 0.407. The lowest BCUT2D eigenvalue weighted by atomic mass is 10.2. The molecule has 1 aliphatic heterocycles. The Hall–Kier alpha value is -1.18. The number of piperazine rings is 1. The molecular formula is C12H24N4O3. The van der Waals surface area contributed by atoms with Gasteiger partial charge in [0.25, 0.3) is 0 Å². The maximum absolute atomic E-state index is 11.6. The number of rotatable bonds is 6. The van der Waals surface area contributed by atoms with E-state index < -0.39 is 11.8 Å². The second-order valence-electron chi connectivity index (χ2n) is 4.77. The summed E-state index contributed by atoms with van der Waals surface area (Å²) in [4.78, 5) is 25.3. The van der Waals surface area contributed by atoms with Gasteiger partial charge in [0.1, 0.15) is 0 Å². The van der Waals surface area contributed by atoms with Crippen LogP contribution < -0.4 is 10.7 Å². The Kier molecular flexibility index (Phi) is 7.39. The average molecular weight is 272 g/mol. The molecule has 1 saturated heterocycles. The fraction of sp³-hybridized carbons (Fsp3) is 0.833. The number of nitrogens with zero attached hydrogens (tertiary/aromatic N) is 2. The summed E-state index contributed by atoms with van der Waals surface area (Å²) in [6, 6.07) is 0. The van der Waals surface area contributed by atoms with E-state index in [4.69, 9.17) is 5.11 Å². The minimum absolute atomic E-state index is 0.165. The Labute approximate surface area is 113 Å². The number of nitrogens with one attached hydrogen (secondary N) is 2. The number of carbonyl (C=O) groups excluding carboxylic acids is 2. The maximum Gasteiger partial charge on any atom is 0.323 e. The zero-order valence-corrected chi connectivity index (χ0v) is 11.5. The highest BCUT2D eigenvalue weighted by atomic mass is 16.3. The first-order valence-corrected chi connectivity index (χ1v) is 6.76. The summed E-state index contributed by atoms with van der Waals surface area (Å²) in [7, 11) is 2.03. The molecule has 1 rings (SSSR count). The lowest BCUT2D eigenvalue weighted by Crippen LogP contribution is -2.55. The van der Waals surface area contributed by atoms with Crippen LogP contribution >= 0.6 is 0 Å². The van der Waals surface area contributed by atoms with Gasteiger partial charge in [-0.25, -0.2) is 5.01 Å². The van der Waals surface area contributed by atoms with Crippen molar-refractivity contribution in [2.24, 2.45) is 0 Å². The summed E-state index contributed by atoms with van der Waals surface area (Å²) in [5, 5.41) is 12.9. The third kappa shape index (κ3) is 6.51. The highest BCUT2D eigenvalue weighted by Gasteiger charge is 2.19. The van der Waals surface area contributed by atoms with Crippen LogP contribution in [0.4, 0.5) is 0 Å². The van der Waals surface area contributed by atoms with Crippen LogP contribution in [0.15, 0.2) is 0 Å². The predicted octanol–water partition coefficient (Wildman–Crippen LogP) is -1.46. The summed E-state index contributed by atoms with van der Waals surface area (Å²) in [5.74, 6) is -1.20. The lowest BCUT2D eigenvalue weighted by Gasteiger charge is -2.32. The molecule has 1 heterocycles. The van der Waals surface area contributed by atoms with Gasteiger partial charge in [-0.1, -0.05) is 0 Å². The molecule has 3 N–H and O–H groups in total. The molecule has 0 saturated carbocycles. The van der Waals surface area contributed by atoms with Crippen molar-refractivity contribution in [3.63, 3.8) is 0 Å². The fourth-order valence-corrected chi connectivity index (χ4v) is 1.81. The molecule has 7 heteroatoms. The molecule has 0 aromatic carbocycles. The molecule has 0 aromatic rings. The molecule has 0 aromatic heterocycles. The van der Waals surface area contributed by atoms with Crippen LogP contribution in [0, 0.1) is 0 Å². The van der Waals surface area contributed by atoms with Crippen molar-refractivity contribution in [3.05, 3.63) is 0 Å². The molecule has 0 radical (unpaired) electrons. The molecule has 0 aliphatic carbocycles. The Morgan fingerprint density at radius 3 is 2.37 bits per heavy atom. The van der Waals surface area contributed by atoms with Crippen LogP contribution in [-0.2, 0) is 9.59 Å². The van der Waals surface area contributed by atoms with Gasteiger partial charge in [0.05, 0.1) is 0 Å². The summed E-state index contributed by atoms with van der Waals surface area (Å²) >= 11 is 0. The van der Waals surface area contributed by atoms with Crippen molar-refractivity contribution >= 4 is 11.8 Å². The minimum Gasteiger partial charge on any atom is -0.396 e. The van der Waals surface area contributed by atoms with E-state index in [1.54, 1.807) is 5.01 Å². The normalized spacial score (nSPS) is 17.2. The molecule has 1 fully saturated rings. The first-order chi connectivity index (χ1) is 9.13. The zero-order valence-electron chi connectivity index (χ0n) is 11.5. The third-order valence-electron chi connectivity index (χ3n) is 3.09. The van der Waals surface area contributed by atoms with Gasteiger partial charge in [-0.05, 0) is 26.3 Å². The standard InChI is InChI=1S/C12H24N4O3/c1-15-6-8-16(9-7-15)14-12(19)11(18)13-5-3-2-4-10-17/h17H,2-10H2,1H3,(H,13,18)(H,14,19). The average Bonchev–Trinajstić information content (AvgIpc) is 2.41. The predicted molar refractivity (Wildman–Crippen MR) is 71.2 cm³/mol. The van der Waals surface area contributed by atoms with Gasteiger partial charge in [0.2, 0.25) is 0 Å². The van der Waals surface area contributed by atoms with Gasteiger partial charge in [0.15, 0.2) is 0 Å². The van der Waals surface area contributed by atoms with E-state index in [0.29, 0.717) is 6.54 Å². The Bertz CT molecular complexity index is 291. The third-order valence-corrected chi connectivity index (χ3v) is 3.09. The Morgan fingerprint density at radius 2 is 1.74 bits per heavy atom. The summed E-state index contributed by atoms with van der Waals surface area (Å²) in [6.45, 7) is 3.84. The SMILES string of the molecule is CN1CCN(NC(=O)C(=O)NCCCCCO)CC1. The van der Waals surface area contributed by atoms with Crippen molar-refractivity contribution in [3.8, 4) is 0 Å². The second kappa shape index (κ2) is 8.84. The second-order valence-corrected chi connectivity index (χ2v) is 4.77. The number of carbonyl (C=O) groups is 2. The highest BCUT2D eigenvalue weighted by Crippen LogP contribution is 1.95. The molecule has 110 valence electrons. The van der Waals surface area contributed by atoms with Crippen LogP contribution in [0.1, 0.15) is 19.3 Å². The van der Waals surface area contributed by atoms with Gasteiger partial charge < -0.3 is 15.3 Å².